The van der Waals surface area contributed by atoms with Gasteiger partial charge in [-0.1, -0.05) is 32.0 Å². The average Bonchev–Trinajstić information content (AvgIpc) is 2.15. The van der Waals surface area contributed by atoms with E-state index < -0.39 is 0 Å². The molecule has 0 saturated carbocycles. The van der Waals surface area contributed by atoms with Gasteiger partial charge in [0.15, 0.2) is 0 Å². The van der Waals surface area contributed by atoms with Crippen LogP contribution in [0.5, 0.6) is 0 Å². The summed E-state index contributed by atoms with van der Waals surface area (Å²) in [7, 11) is 0. The first-order valence-corrected chi connectivity index (χ1v) is 5.65. The molecule has 0 aromatic heterocycles. The van der Waals surface area contributed by atoms with Crippen molar-refractivity contribution in [1.82, 2.24) is 0 Å². The highest BCUT2D eigenvalue weighted by molar-refractivity contribution is 5.50. The van der Waals surface area contributed by atoms with Gasteiger partial charge < -0.3 is 4.79 Å². The minimum atomic E-state index is 0.629. The molecule has 0 heterocycles. The number of hydrogen-bond acceptors (Lipinski definition) is 1. The molecule has 0 N–H and O–H groups in total. The standard InChI is InChI=1S/C14H20O/c1-11(2)9-13-6-7-14(5-4-8-15)12(3)10-13/h6-8,10-11H,4-5,9H2,1-3H3. The van der Waals surface area contributed by atoms with Crippen LogP contribution >= 0.6 is 0 Å². The minimum Gasteiger partial charge on any atom is -0.303 e. The molecule has 0 aliphatic heterocycles. The van der Waals surface area contributed by atoms with Crippen LogP contribution in [0.3, 0.4) is 0 Å². The fraction of sp³-hybridized carbons (Fsp3) is 0.500. The van der Waals surface area contributed by atoms with Crippen molar-refractivity contribution in [2.75, 3.05) is 0 Å². The third kappa shape index (κ3) is 3.86. The maximum absolute atomic E-state index is 10.3. The van der Waals surface area contributed by atoms with E-state index in [0.29, 0.717) is 12.3 Å². The summed E-state index contributed by atoms with van der Waals surface area (Å²) in [5.41, 5.74) is 4.02. The number of carbonyl (C=O) groups excluding carboxylic acids is 1. The molecular weight excluding hydrogens is 184 g/mol. The van der Waals surface area contributed by atoms with Gasteiger partial charge in [0.05, 0.1) is 0 Å². The van der Waals surface area contributed by atoms with E-state index in [-0.39, 0.29) is 0 Å². The molecule has 0 saturated heterocycles. The van der Waals surface area contributed by atoms with E-state index in [1.165, 1.54) is 16.7 Å². The van der Waals surface area contributed by atoms with Crippen molar-refractivity contribution in [1.29, 1.82) is 0 Å². The van der Waals surface area contributed by atoms with Gasteiger partial charge in [0.25, 0.3) is 0 Å². The number of aldehydes is 1. The quantitative estimate of drug-likeness (QED) is 0.672. The highest BCUT2D eigenvalue weighted by atomic mass is 16.1. The highest BCUT2D eigenvalue weighted by Gasteiger charge is 2.02. The molecule has 0 unspecified atom stereocenters. The molecule has 0 fully saturated rings. The molecule has 0 radical (unpaired) electrons. The van der Waals surface area contributed by atoms with Crippen LogP contribution in [0.4, 0.5) is 0 Å². The number of aryl methyl sites for hydroxylation is 2. The number of benzene rings is 1. The van der Waals surface area contributed by atoms with Crippen LogP contribution in [0.2, 0.25) is 0 Å². The lowest BCUT2D eigenvalue weighted by Gasteiger charge is -2.09. The third-order valence-corrected chi connectivity index (χ3v) is 2.58. The van der Waals surface area contributed by atoms with E-state index in [0.717, 1.165) is 19.1 Å². The Bertz CT molecular complexity index is 326. The second kappa shape index (κ2) is 5.69. The predicted molar refractivity (Wildman–Crippen MR) is 64.1 cm³/mol. The third-order valence-electron chi connectivity index (χ3n) is 2.58. The topological polar surface area (TPSA) is 17.1 Å². The first-order chi connectivity index (χ1) is 7.13. The van der Waals surface area contributed by atoms with Crippen LogP contribution in [-0.4, -0.2) is 6.29 Å². The van der Waals surface area contributed by atoms with Gasteiger partial charge in [0.2, 0.25) is 0 Å². The van der Waals surface area contributed by atoms with Gasteiger partial charge in [-0.25, -0.2) is 0 Å². The first kappa shape index (κ1) is 12.0. The van der Waals surface area contributed by atoms with E-state index in [4.69, 9.17) is 0 Å². The van der Waals surface area contributed by atoms with Gasteiger partial charge in [0, 0.05) is 6.42 Å². The number of rotatable bonds is 5. The summed E-state index contributed by atoms with van der Waals surface area (Å²) in [6.45, 7) is 6.59. The fourth-order valence-corrected chi connectivity index (χ4v) is 1.85. The lowest BCUT2D eigenvalue weighted by molar-refractivity contribution is -0.107. The smallest absolute Gasteiger partial charge is 0.120 e. The largest absolute Gasteiger partial charge is 0.303 e. The molecule has 82 valence electrons. The Morgan fingerprint density at radius 1 is 1.33 bits per heavy atom. The van der Waals surface area contributed by atoms with E-state index in [1.807, 2.05) is 0 Å². The zero-order valence-corrected chi connectivity index (χ0v) is 9.92. The molecule has 1 rings (SSSR count). The number of carbonyl (C=O) groups is 1. The second-order valence-electron chi connectivity index (χ2n) is 4.56. The van der Waals surface area contributed by atoms with Crippen molar-refractivity contribution in [2.24, 2.45) is 5.92 Å². The first-order valence-electron chi connectivity index (χ1n) is 5.65. The lowest BCUT2D eigenvalue weighted by atomic mass is 9.97. The second-order valence-corrected chi connectivity index (χ2v) is 4.56. The molecule has 0 bridgehead atoms. The minimum absolute atomic E-state index is 0.629. The Morgan fingerprint density at radius 3 is 2.60 bits per heavy atom. The van der Waals surface area contributed by atoms with Gasteiger partial charge in [-0.3, -0.25) is 0 Å². The Morgan fingerprint density at radius 2 is 2.07 bits per heavy atom. The van der Waals surface area contributed by atoms with Gasteiger partial charge in [-0.15, -0.1) is 0 Å². The van der Waals surface area contributed by atoms with Crippen molar-refractivity contribution >= 4 is 6.29 Å². The van der Waals surface area contributed by atoms with E-state index in [9.17, 15) is 4.79 Å². The van der Waals surface area contributed by atoms with Crippen LogP contribution in [-0.2, 0) is 17.6 Å². The van der Waals surface area contributed by atoms with Crippen molar-refractivity contribution in [3.63, 3.8) is 0 Å². The van der Waals surface area contributed by atoms with E-state index >= 15 is 0 Å². The summed E-state index contributed by atoms with van der Waals surface area (Å²) in [5.74, 6) is 0.699. The SMILES string of the molecule is Cc1cc(CC(C)C)ccc1CCC=O. The molecule has 0 amide bonds. The van der Waals surface area contributed by atoms with Gasteiger partial charge in [-0.2, -0.15) is 0 Å². The molecular formula is C14H20O. The van der Waals surface area contributed by atoms with Crippen LogP contribution in [0.25, 0.3) is 0 Å². The van der Waals surface area contributed by atoms with Crippen molar-refractivity contribution in [2.45, 2.75) is 40.0 Å². The summed E-state index contributed by atoms with van der Waals surface area (Å²) < 4.78 is 0. The highest BCUT2D eigenvalue weighted by Crippen LogP contribution is 2.15. The van der Waals surface area contributed by atoms with Crippen molar-refractivity contribution < 1.29 is 4.79 Å². The predicted octanol–water partition coefficient (Wildman–Crippen LogP) is 3.33. The summed E-state index contributed by atoms with van der Waals surface area (Å²) >= 11 is 0. The molecule has 15 heavy (non-hydrogen) atoms. The molecule has 0 atom stereocenters. The maximum Gasteiger partial charge on any atom is 0.120 e. The number of hydrogen-bond donors (Lipinski definition) is 0. The fourth-order valence-electron chi connectivity index (χ4n) is 1.85. The molecule has 0 aliphatic carbocycles. The summed E-state index contributed by atoms with van der Waals surface area (Å²) in [4.78, 5) is 10.3. The van der Waals surface area contributed by atoms with Gasteiger partial charge >= 0.3 is 0 Å². The molecule has 1 nitrogen and oxygen atoms in total. The zero-order chi connectivity index (χ0) is 11.3. The summed E-state index contributed by atoms with van der Waals surface area (Å²) in [5, 5.41) is 0. The van der Waals surface area contributed by atoms with Crippen molar-refractivity contribution in [3.05, 3.63) is 34.9 Å². The Balaban J connectivity index is 2.73. The molecule has 1 heteroatoms. The van der Waals surface area contributed by atoms with Crippen LogP contribution in [0.1, 0.15) is 37.0 Å². The Labute approximate surface area is 92.5 Å². The monoisotopic (exact) mass is 204 g/mol. The van der Waals surface area contributed by atoms with Crippen LogP contribution < -0.4 is 0 Å². The van der Waals surface area contributed by atoms with E-state index in [1.54, 1.807) is 0 Å². The van der Waals surface area contributed by atoms with Gasteiger partial charge in [-0.05, 0) is 42.4 Å². The van der Waals surface area contributed by atoms with Crippen LogP contribution in [0, 0.1) is 12.8 Å². The summed E-state index contributed by atoms with van der Waals surface area (Å²) in [6.07, 6.45) is 3.62. The molecule has 0 aliphatic rings. The maximum atomic E-state index is 10.3. The summed E-state index contributed by atoms with van der Waals surface area (Å²) in [6, 6.07) is 6.60. The molecule has 1 aromatic carbocycles. The van der Waals surface area contributed by atoms with E-state index in [2.05, 4.69) is 39.0 Å². The zero-order valence-electron chi connectivity index (χ0n) is 9.92. The van der Waals surface area contributed by atoms with Gasteiger partial charge in [0.1, 0.15) is 6.29 Å². The van der Waals surface area contributed by atoms with Crippen molar-refractivity contribution in [3.8, 4) is 0 Å². The molecule has 0 spiro atoms. The Hall–Kier alpha value is -1.11. The lowest BCUT2D eigenvalue weighted by Crippen LogP contribution is -1.97. The normalized spacial score (nSPS) is 10.7. The average molecular weight is 204 g/mol. The Kier molecular flexibility index (Phi) is 4.54. The van der Waals surface area contributed by atoms with Crippen LogP contribution in [0.15, 0.2) is 18.2 Å². The molecule has 1 aromatic rings.